The summed E-state index contributed by atoms with van der Waals surface area (Å²) in [7, 11) is 1.64. The molecule has 0 radical (unpaired) electrons. The van der Waals surface area contributed by atoms with E-state index in [9.17, 15) is 14.0 Å². The number of benzene rings is 1. The normalized spacial score (nSPS) is 13.8. The van der Waals surface area contributed by atoms with Crippen LogP contribution in [0.1, 0.15) is 48.7 Å². The Kier molecular flexibility index (Phi) is 5.50. The maximum Gasteiger partial charge on any atom is 0.259 e. The lowest BCUT2D eigenvalue weighted by Crippen LogP contribution is -2.26. The smallest absolute Gasteiger partial charge is 0.259 e. The number of nitrogens with zero attached hydrogens (tertiary/aromatic N) is 5. The van der Waals surface area contributed by atoms with Crippen LogP contribution < -0.4 is 10.2 Å². The molecule has 2 amide bonds. The van der Waals surface area contributed by atoms with Gasteiger partial charge in [0.25, 0.3) is 5.91 Å². The van der Waals surface area contributed by atoms with E-state index in [1.807, 2.05) is 18.4 Å². The zero-order chi connectivity index (χ0) is 22.1. The van der Waals surface area contributed by atoms with Crippen LogP contribution in [0.25, 0.3) is 11.5 Å². The molecule has 2 aromatic heterocycles. The molecule has 3 aromatic rings. The molecule has 160 valence electrons. The van der Waals surface area contributed by atoms with Gasteiger partial charge in [-0.25, -0.2) is 9.37 Å². The molecule has 1 N–H and O–H groups in total. The predicted octanol–water partition coefficient (Wildman–Crippen LogP) is 3.61. The summed E-state index contributed by atoms with van der Waals surface area (Å²) in [5, 5.41) is 10.7. The lowest BCUT2D eigenvalue weighted by Gasteiger charge is -2.19. The van der Waals surface area contributed by atoms with Crippen LogP contribution in [0, 0.1) is 5.82 Å². The minimum atomic E-state index is -0.639. The van der Waals surface area contributed by atoms with Gasteiger partial charge in [-0.3, -0.25) is 9.59 Å². The van der Waals surface area contributed by atoms with E-state index in [1.165, 1.54) is 17.0 Å². The average molecular weight is 422 g/mol. The highest BCUT2D eigenvalue weighted by atomic mass is 19.1. The molecule has 0 fully saturated rings. The van der Waals surface area contributed by atoms with Gasteiger partial charge in [-0.2, -0.15) is 0 Å². The SMILES string of the molecule is CC(C)n1cnnc1-c1cccc(NC(=O)c2cc3c(cc2F)CCCC(=O)N3C)n1. The number of halogens is 1. The van der Waals surface area contributed by atoms with Crippen molar-refractivity contribution in [2.45, 2.75) is 39.2 Å². The number of aryl methyl sites for hydroxylation is 1. The highest BCUT2D eigenvalue weighted by Crippen LogP contribution is 2.29. The highest BCUT2D eigenvalue weighted by molar-refractivity contribution is 6.05. The molecular weight excluding hydrogens is 399 g/mol. The highest BCUT2D eigenvalue weighted by Gasteiger charge is 2.23. The maximum absolute atomic E-state index is 14.7. The van der Waals surface area contributed by atoms with Gasteiger partial charge < -0.3 is 14.8 Å². The number of hydrogen-bond acceptors (Lipinski definition) is 5. The van der Waals surface area contributed by atoms with Gasteiger partial charge in [0, 0.05) is 25.2 Å². The third-order valence-electron chi connectivity index (χ3n) is 5.33. The molecule has 1 aliphatic heterocycles. The maximum atomic E-state index is 14.7. The van der Waals surface area contributed by atoms with Gasteiger partial charge >= 0.3 is 0 Å². The first kappa shape index (κ1) is 20.6. The second kappa shape index (κ2) is 8.25. The van der Waals surface area contributed by atoms with Gasteiger partial charge in [-0.15, -0.1) is 10.2 Å². The fraction of sp³-hybridized carbons (Fsp3) is 0.318. The van der Waals surface area contributed by atoms with Gasteiger partial charge in [0.2, 0.25) is 5.91 Å². The Labute approximate surface area is 179 Å². The number of pyridine rings is 1. The second-order valence-corrected chi connectivity index (χ2v) is 7.78. The summed E-state index contributed by atoms with van der Waals surface area (Å²) in [5.41, 5.74) is 1.67. The van der Waals surface area contributed by atoms with Gasteiger partial charge in [-0.05, 0) is 56.5 Å². The fourth-order valence-corrected chi connectivity index (χ4v) is 3.64. The van der Waals surface area contributed by atoms with E-state index < -0.39 is 11.7 Å². The van der Waals surface area contributed by atoms with Crippen molar-refractivity contribution < 1.29 is 14.0 Å². The van der Waals surface area contributed by atoms with Crippen LogP contribution in [-0.4, -0.2) is 38.6 Å². The number of carbonyl (C=O) groups is 2. The van der Waals surface area contributed by atoms with Gasteiger partial charge in [-0.1, -0.05) is 6.07 Å². The summed E-state index contributed by atoms with van der Waals surface area (Å²) in [6.07, 6.45) is 3.26. The van der Waals surface area contributed by atoms with Gasteiger partial charge in [0.05, 0.1) is 5.56 Å². The van der Waals surface area contributed by atoms with Crippen LogP contribution in [0.3, 0.4) is 0 Å². The van der Waals surface area contributed by atoms with Crippen LogP contribution in [0.15, 0.2) is 36.7 Å². The molecule has 0 saturated carbocycles. The molecule has 0 atom stereocenters. The van der Waals surface area contributed by atoms with Crippen molar-refractivity contribution in [3.05, 3.63) is 53.6 Å². The lowest BCUT2D eigenvalue weighted by atomic mass is 10.0. The van der Waals surface area contributed by atoms with E-state index in [-0.39, 0.29) is 23.3 Å². The van der Waals surface area contributed by atoms with E-state index in [0.29, 0.717) is 36.5 Å². The summed E-state index contributed by atoms with van der Waals surface area (Å²) in [5.74, 6) is -0.488. The Morgan fingerprint density at radius 1 is 1.23 bits per heavy atom. The molecule has 1 aliphatic rings. The average Bonchev–Trinajstić information content (AvgIpc) is 3.19. The van der Waals surface area contributed by atoms with Crippen LogP contribution >= 0.6 is 0 Å². The second-order valence-electron chi connectivity index (χ2n) is 7.78. The first-order valence-corrected chi connectivity index (χ1v) is 10.1. The number of hydrogen-bond donors (Lipinski definition) is 1. The van der Waals surface area contributed by atoms with Crippen molar-refractivity contribution in [2.75, 3.05) is 17.3 Å². The zero-order valence-corrected chi connectivity index (χ0v) is 17.6. The van der Waals surface area contributed by atoms with Crippen molar-refractivity contribution in [1.82, 2.24) is 19.7 Å². The van der Waals surface area contributed by atoms with Crippen LogP contribution in [0.2, 0.25) is 0 Å². The Morgan fingerprint density at radius 3 is 2.81 bits per heavy atom. The minimum absolute atomic E-state index is 0.0552. The number of amides is 2. The van der Waals surface area contributed by atoms with Gasteiger partial charge in [0.1, 0.15) is 23.7 Å². The van der Waals surface area contributed by atoms with E-state index >= 15 is 0 Å². The molecule has 0 unspecified atom stereocenters. The van der Waals surface area contributed by atoms with Crippen LogP contribution in [-0.2, 0) is 11.2 Å². The topological polar surface area (TPSA) is 93.0 Å². The molecule has 1 aromatic carbocycles. The summed E-state index contributed by atoms with van der Waals surface area (Å²) >= 11 is 0. The summed E-state index contributed by atoms with van der Waals surface area (Å²) in [6, 6.07) is 8.03. The molecule has 0 spiro atoms. The lowest BCUT2D eigenvalue weighted by molar-refractivity contribution is -0.118. The van der Waals surface area contributed by atoms with Crippen LogP contribution in [0.4, 0.5) is 15.9 Å². The van der Waals surface area contributed by atoms with E-state index in [0.717, 1.165) is 5.56 Å². The molecular formula is C22H23FN6O2. The largest absolute Gasteiger partial charge is 0.315 e. The molecule has 0 bridgehead atoms. The summed E-state index contributed by atoms with van der Waals surface area (Å²) in [4.78, 5) is 30.9. The third kappa shape index (κ3) is 4.03. The number of nitrogens with one attached hydrogen (secondary N) is 1. The molecule has 0 saturated heterocycles. The Balaban J connectivity index is 1.63. The van der Waals surface area contributed by atoms with Crippen LogP contribution in [0.5, 0.6) is 0 Å². The zero-order valence-electron chi connectivity index (χ0n) is 17.6. The van der Waals surface area contributed by atoms with E-state index in [1.54, 1.807) is 31.6 Å². The fourth-order valence-electron chi connectivity index (χ4n) is 3.64. The number of fused-ring (bicyclic) bond motifs is 1. The van der Waals surface area contributed by atoms with Crippen molar-refractivity contribution in [3.8, 4) is 11.5 Å². The Bertz CT molecular complexity index is 1160. The van der Waals surface area contributed by atoms with Crippen molar-refractivity contribution in [1.29, 1.82) is 0 Å². The molecule has 0 aliphatic carbocycles. The standard InChI is InChI=1S/C22H23FN6O2/c1-13(2)29-12-24-27-21(29)17-7-5-8-19(25-17)26-22(31)15-11-18-14(10-16(15)23)6-4-9-20(30)28(18)3/h5,7-8,10-13H,4,6,9H2,1-3H3,(H,25,26,31). The first-order chi connectivity index (χ1) is 14.8. The molecule has 4 rings (SSSR count). The number of carbonyl (C=O) groups excluding carboxylic acids is 2. The third-order valence-corrected chi connectivity index (χ3v) is 5.33. The summed E-state index contributed by atoms with van der Waals surface area (Å²) in [6.45, 7) is 4.00. The molecule has 31 heavy (non-hydrogen) atoms. The van der Waals surface area contributed by atoms with Crippen molar-refractivity contribution >= 4 is 23.3 Å². The quantitative estimate of drug-likeness (QED) is 0.693. The molecule has 3 heterocycles. The van der Waals surface area contributed by atoms with E-state index in [4.69, 9.17) is 0 Å². The van der Waals surface area contributed by atoms with Crippen molar-refractivity contribution in [3.63, 3.8) is 0 Å². The summed E-state index contributed by atoms with van der Waals surface area (Å²) < 4.78 is 16.6. The number of aromatic nitrogens is 4. The number of rotatable bonds is 4. The Morgan fingerprint density at radius 2 is 2.03 bits per heavy atom. The monoisotopic (exact) mass is 422 g/mol. The predicted molar refractivity (Wildman–Crippen MR) is 114 cm³/mol. The minimum Gasteiger partial charge on any atom is -0.315 e. The molecule has 9 heteroatoms. The van der Waals surface area contributed by atoms with Crippen molar-refractivity contribution in [2.24, 2.45) is 0 Å². The Hall–Kier alpha value is -3.62. The number of anilines is 2. The van der Waals surface area contributed by atoms with E-state index in [2.05, 4.69) is 20.5 Å². The first-order valence-electron chi connectivity index (χ1n) is 10.1. The molecule has 8 nitrogen and oxygen atoms in total. The van der Waals surface area contributed by atoms with Gasteiger partial charge in [0.15, 0.2) is 5.82 Å².